The number of unbranched alkanes of at least 4 members (excludes halogenated alkanes) is 3. The molecular weight excluding hydrogens is 460 g/mol. The van der Waals surface area contributed by atoms with Crippen LogP contribution in [0.4, 0.5) is 0 Å². The molecule has 0 spiro atoms. The molecule has 2 aliphatic heterocycles. The van der Waals surface area contributed by atoms with Crippen LogP contribution in [0.15, 0.2) is 40.3 Å². The number of aliphatic hydroxyl groups is 1. The summed E-state index contributed by atoms with van der Waals surface area (Å²) in [6, 6.07) is 9.43. The number of aromatic nitrogens is 2. The summed E-state index contributed by atoms with van der Waals surface area (Å²) in [5, 5.41) is 16.2. The van der Waals surface area contributed by atoms with Gasteiger partial charge >= 0.3 is 5.97 Å². The van der Waals surface area contributed by atoms with E-state index in [-0.39, 0.29) is 18.6 Å². The number of hydrogen-bond donors (Lipinski definition) is 2. The number of hydrogen-bond acceptors (Lipinski definition) is 8. The standard InChI is InChI=1S/C27H30N4O5/c1-2-27(34)21-13-23-24-19(15-31(23)25(32)20(21)16-35-26(27)33)18(17-9-5-6-10-22(17)30-24)14-29-36-12-8-4-3-7-11-28/h5-6,9-10,13-14,34H,2-4,7-8,11-12,15-16,28H2,1H3/b29-14+/t27-/m0/s1. The molecule has 3 aromatic rings. The molecule has 9 nitrogen and oxygen atoms in total. The fourth-order valence-electron chi connectivity index (χ4n) is 5.01. The molecular formula is C27H30N4O5. The van der Waals surface area contributed by atoms with Crippen LogP contribution in [-0.2, 0) is 33.1 Å². The van der Waals surface area contributed by atoms with Crippen molar-refractivity contribution >= 4 is 23.1 Å². The lowest BCUT2D eigenvalue weighted by Gasteiger charge is -2.31. The lowest BCUT2D eigenvalue weighted by molar-refractivity contribution is -0.172. The summed E-state index contributed by atoms with van der Waals surface area (Å²) in [5.74, 6) is -0.737. The minimum atomic E-state index is -1.86. The van der Waals surface area contributed by atoms with Crippen molar-refractivity contribution in [1.29, 1.82) is 0 Å². The molecule has 36 heavy (non-hydrogen) atoms. The van der Waals surface area contributed by atoms with Crippen LogP contribution >= 0.6 is 0 Å². The Bertz CT molecular complexity index is 1410. The molecule has 1 atom stereocenters. The first-order valence-electron chi connectivity index (χ1n) is 12.4. The van der Waals surface area contributed by atoms with Gasteiger partial charge in [0.05, 0.1) is 35.2 Å². The van der Waals surface area contributed by atoms with Crippen molar-refractivity contribution in [3.05, 3.63) is 62.9 Å². The first-order valence-corrected chi connectivity index (χ1v) is 12.4. The van der Waals surface area contributed by atoms with Gasteiger partial charge in [0.25, 0.3) is 5.56 Å². The van der Waals surface area contributed by atoms with Crippen LogP contribution in [0.1, 0.15) is 61.3 Å². The number of fused-ring (bicyclic) bond motifs is 5. The number of ether oxygens (including phenoxy) is 1. The zero-order valence-electron chi connectivity index (χ0n) is 20.3. The van der Waals surface area contributed by atoms with Crippen molar-refractivity contribution < 1.29 is 19.5 Å². The second-order valence-electron chi connectivity index (χ2n) is 9.24. The van der Waals surface area contributed by atoms with Crippen molar-refractivity contribution in [3.63, 3.8) is 0 Å². The second kappa shape index (κ2) is 9.83. The van der Waals surface area contributed by atoms with E-state index in [1.54, 1.807) is 23.8 Å². The summed E-state index contributed by atoms with van der Waals surface area (Å²) < 4.78 is 6.79. The van der Waals surface area contributed by atoms with E-state index in [0.29, 0.717) is 42.2 Å². The Morgan fingerprint density at radius 2 is 2.03 bits per heavy atom. The maximum atomic E-state index is 13.5. The molecule has 0 fully saturated rings. The van der Waals surface area contributed by atoms with Gasteiger partial charge in [0.2, 0.25) is 0 Å². The molecule has 0 bridgehead atoms. The lowest BCUT2D eigenvalue weighted by atomic mass is 9.86. The summed E-state index contributed by atoms with van der Waals surface area (Å²) in [6.45, 7) is 3.05. The van der Waals surface area contributed by atoms with Crippen molar-refractivity contribution in [2.45, 2.75) is 57.8 Å². The van der Waals surface area contributed by atoms with E-state index in [9.17, 15) is 14.7 Å². The van der Waals surface area contributed by atoms with E-state index >= 15 is 0 Å². The largest absolute Gasteiger partial charge is 0.458 e. The summed E-state index contributed by atoms with van der Waals surface area (Å²) in [6.07, 6.45) is 5.82. The van der Waals surface area contributed by atoms with Crippen molar-refractivity contribution in [1.82, 2.24) is 9.55 Å². The maximum Gasteiger partial charge on any atom is 0.343 e. The Hall–Kier alpha value is -3.56. The third kappa shape index (κ3) is 3.98. The predicted molar refractivity (Wildman–Crippen MR) is 136 cm³/mol. The fraction of sp³-hybridized carbons (Fsp3) is 0.407. The number of pyridine rings is 2. The highest BCUT2D eigenvalue weighted by atomic mass is 16.6. The SMILES string of the molecule is CC[C@@]1(O)C(=O)OCc2c1cc1n(c2=O)Cc2c-1nc1ccccc1c2/C=N/OCCCCCCN. The molecule has 3 N–H and O–H groups in total. The molecule has 0 aliphatic carbocycles. The molecule has 0 unspecified atom stereocenters. The summed E-state index contributed by atoms with van der Waals surface area (Å²) in [5.41, 5.74) is 7.61. The van der Waals surface area contributed by atoms with Gasteiger partial charge in [-0.2, -0.15) is 0 Å². The highest BCUT2D eigenvalue weighted by Gasteiger charge is 2.45. The topological polar surface area (TPSA) is 129 Å². The van der Waals surface area contributed by atoms with Gasteiger partial charge in [0.1, 0.15) is 13.2 Å². The van der Waals surface area contributed by atoms with Crippen LogP contribution < -0.4 is 11.3 Å². The van der Waals surface area contributed by atoms with Crippen LogP contribution in [0.25, 0.3) is 22.3 Å². The highest BCUT2D eigenvalue weighted by molar-refractivity contribution is 6.02. The van der Waals surface area contributed by atoms with E-state index in [4.69, 9.17) is 20.3 Å². The smallest absolute Gasteiger partial charge is 0.343 e. The molecule has 0 amide bonds. The average molecular weight is 491 g/mol. The van der Waals surface area contributed by atoms with Gasteiger partial charge in [-0.05, 0) is 44.4 Å². The van der Waals surface area contributed by atoms with Gasteiger partial charge in [-0.3, -0.25) is 4.79 Å². The van der Waals surface area contributed by atoms with Crippen LogP contribution in [0.2, 0.25) is 0 Å². The second-order valence-corrected chi connectivity index (χ2v) is 9.24. The van der Waals surface area contributed by atoms with E-state index in [0.717, 1.165) is 47.7 Å². The maximum absolute atomic E-state index is 13.5. The third-order valence-corrected chi connectivity index (χ3v) is 7.09. The number of carbonyl (C=O) groups is 1. The van der Waals surface area contributed by atoms with Gasteiger partial charge in [-0.25, -0.2) is 9.78 Å². The minimum Gasteiger partial charge on any atom is -0.458 e. The van der Waals surface area contributed by atoms with Crippen molar-refractivity contribution in [3.8, 4) is 11.4 Å². The van der Waals surface area contributed by atoms with Crippen LogP contribution in [-0.4, -0.2) is 40.0 Å². The number of benzene rings is 1. The number of esters is 1. The molecule has 0 saturated heterocycles. The number of nitrogens with two attached hydrogens (primary N) is 1. The van der Waals surface area contributed by atoms with Gasteiger partial charge in [0.15, 0.2) is 5.60 Å². The first kappa shape index (κ1) is 24.1. The van der Waals surface area contributed by atoms with Crippen LogP contribution in [0.3, 0.4) is 0 Å². The molecule has 2 aliphatic rings. The molecule has 5 rings (SSSR count). The molecule has 2 aromatic heterocycles. The molecule has 1 aromatic carbocycles. The zero-order chi connectivity index (χ0) is 25.3. The average Bonchev–Trinajstić information content (AvgIpc) is 3.26. The Labute approximate surface area is 208 Å². The van der Waals surface area contributed by atoms with E-state index in [1.807, 2.05) is 24.3 Å². The van der Waals surface area contributed by atoms with E-state index in [2.05, 4.69) is 5.16 Å². The number of cyclic esters (lactones) is 1. The first-order chi connectivity index (χ1) is 17.5. The predicted octanol–water partition coefficient (Wildman–Crippen LogP) is 2.95. The van der Waals surface area contributed by atoms with Crippen LogP contribution in [0, 0.1) is 0 Å². The monoisotopic (exact) mass is 490 g/mol. The molecule has 0 saturated carbocycles. The summed E-state index contributed by atoms with van der Waals surface area (Å²) in [7, 11) is 0. The number of nitrogens with zero attached hydrogens (tertiary/aromatic N) is 3. The van der Waals surface area contributed by atoms with Gasteiger partial charge in [-0.1, -0.05) is 36.7 Å². The zero-order valence-corrected chi connectivity index (χ0v) is 20.3. The van der Waals surface area contributed by atoms with Crippen LogP contribution in [0.5, 0.6) is 0 Å². The van der Waals surface area contributed by atoms with E-state index < -0.39 is 11.6 Å². The lowest BCUT2D eigenvalue weighted by Crippen LogP contribution is -2.44. The Kier molecular flexibility index (Phi) is 6.59. The molecule has 188 valence electrons. The van der Waals surface area contributed by atoms with Gasteiger partial charge < -0.3 is 25.0 Å². The third-order valence-electron chi connectivity index (χ3n) is 7.09. The highest BCUT2D eigenvalue weighted by Crippen LogP contribution is 2.39. The molecule has 0 radical (unpaired) electrons. The Balaban J connectivity index is 1.55. The number of para-hydroxylation sites is 1. The number of oxime groups is 1. The summed E-state index contributed by atoms with van der Waals surface area (Å²) >= 11 is 0. The Morgan fingerprint density at radius 1 is 1.22 bits per heavy atom. The summed E-state index contributed by atoms with van der Waals surface area (Å²) in [4.78, 5) is 36.3. The molecule has 4 heterocycles. The minimum absolute atomic E-state index is 0.0984. The van der Waals surface area contributed by atoms with Crippen molar-refractivity contribution in [2.24, 2.45) is 10.9 Å². The van der Waals surface area contributed by atoms with Gasteiger partial charge in [-0.15, -0.1) is 0 Å². The quantitative estimate of drug-likeness (QED) is 0.160. The number of carbonyl (C=O) groups excluding carboxylic acids is 1. The number of rotatable bonds is 9. The Morgan fingerprint density at radius 3 is 2.83 bits per heavy atom. The van der Waals surface area contributed by atoms with E-state index in [1.165, 1.54) is 0 Å². The van der Waals surface area contributed by atoms with Crippen molar-refractivity contribution in [2.75, 3.05) is 13.2 Å². The molecule has 9 heteroatoms. The normalized spacial score (nSPS) is 18.2. The fourth-order valence-corrected chi connectivity index (χ4v) is 5.01. The van der Waals surface area contributed by atoms with Gasteiger partial charge in [0, 0.05) is 22.1 Å².